The Balaban J connectivity index is 2.70. The zero-order chi connectivity index (χ0) is 13.5. The van der Waals surface area contributed by atoms with Crippen molar-refractivity contribution < 1.29 is 4.79 Å². The summed E-state index contributed by atoms with van der Waals surface area (Å²) < 4.78 is 0. The fourth-order valence-electron chi connectivity index (χ4n) is 1.65. The van der Waals surface area contributed by atoms with Crippen LogP contribution in [-0.2, 0) is 17.9 Å². The largest absolute Gasteiger partial charge is 0.348 e. The van der Waals surface area contributed by atoms with Crippen LogP contribution in [0.15, 0.2) is 18.3 Å². The molecule has 1 aromatic rings. The summed E-state index contributed by atoms with van der Waals surface area (Å²) in [5.41, 5.74) is 7.65. The molecule has 1 aromatic heterocycles. The van der Waals surface area contributed by atoms with Crippen molar-refractivity contribution in [1.82, 2.24) is 14.8 Å². The zero-order valence-corrected chi connectivity index (χ0v) is 11.4. The molecule has 5 heteroatoms. The van der Waals surface area contributed by atoms with Gasteiger partial charge in [0.1, 0.15) is 0 Å². The maximum Gasteiger partial charge on any atom is 0.236 e. The molecule has 1 amide bonds. The Morgan fingerprint density at radius 1 is 1.44 bits per heavy atom. The second-order valence-electron chi connectivity index (χ2n) is 4.40. The molecule has 0 spiro atoms. The number of aromatic nitrogens is 1. The summed E-state index contributed by atoms with van der Waals surface area (Å²) in [7, 11) is 3.54. The quantitative estimate of drug-likeness (QED) is 0.796. The molecule has 0 aliphatic heterocycles. The molecular weight excluding hydrogens is 228 g/mol. The fourth-order valence-corrected chi connectivity index (χ4v) is 1.65. The molecular formula is C13H22N4O. The molecule has 0 aliphatic carbocycles. The summed E-state index contributed by atoms with van der Waals surface area (Å²) in [5.74, 6) is 0.107. The van der Waals surface area contributed by atoms with Crippen LogP contribution in [0.4, 0.5) is 0 Å². The lowest BCUT2D eigenvalue weighted by atomic mass is 10.1. The number of likely N-dealkylation sites (N-methyl/N-ethyl adjacent to an activating group) is 2. The van der Waals surface area contributed by atoms with E-state index in [1.165, 1.54) is 0 Å². The number of nitrogens with zero attached hydrogens (tertiary/aromatic N) is 3. The van der Waals surface area contributed by atoms with E-state index in [1.54, 1.807) is 25.2 Å². The van der Waals surface area contributed by atoms with Crippen molar-refractivity contribution in [2.75, 3.05) is 27.2 Å². The second-order valence-corrected chi connectivity index (χ2v) is 4.40. The van der Waals surface area contributed by atoms with Gasteiger partial charge < -0.3 is 10.6 Å². The van der Waals surface area contributed by atoms with Gasteiger partial charge >= 0.3 is 0 Å². The Bertz CT molecular complexity index is 392. The first-order valence-corrected chi connectivity index (χ1v) is 6.13. The summed E-state index contributed by atoms with van der Waals surface area (Å²) in [6.45, 7) is 4.41. The Morgan fingerprint density at radius 2 is 2.17 bits per heavy atom. The molecule has 0 atom stereocenters. The molecule has 0 aromatic carbocycles. The number of rotatable bonds is 6. The van der Waals surface area contributed by atoms with Crippen LogP contribution in [0.25, 0.3) is 0 Å². The van der Waals surface area contributed by atoms with E-state index in [0.29, 0.717) is 19.6 Å². The third-order valence-electron chi connectivity index (χ3n) is 2.88. The van der Waals surface area contributed by atoms with Crippen molar-refractivity contribution >= 4 is 5.91 Å². The molecule has 1 heterocycles. The summed E-state index contributed by atoms with van der Waals surface area (Å²) >= 11 is 0. The molecule has 0 aliphatic rings. The van der Waals surface area contributed by atoms with E-state index in [1.807, 2.05) is 19.1 Å². The summed E-state index contributed by atoms with van der Waals surface area (Å²) in [6.07, 6.45) is 1.74. The lowest BCUT2D eigenvalue weighted by molar-refractivity contribution is -0.130. The molecule has 18 heavy (non-hydrogen) atoms. The van der Waals surface area contributed by atoms with Gasteiger partial charge in [0, 0.05) is 33.4 Å². The van der Waals surface area contributed by atoms with Gasteiger partial charge in [-0.05, 0) is 18.2 Å². The van der Waals surface area contributed by atoms with Crippen molar-refractivity contribution in [3.63, 3.8) is 0 Å². The predicted molar refractivity (Wildman–Crippen MR) is 71.8 cm³/mol. The number of hydrogen-bond donors (Lipinski definition) is 1. The van der Waals surface area contributed by atoms with Crippen LogP contribution in [0.2, 0.25) is 0 Å². The van der Waals surface area contributed by atoms with E-state index in [0.717, 1.165) is 17.8 Å². The highest BCUT2D eigenvalue weighted by molar-refractivity contribution is 5.77. The average molecular weight is 250 g/mol. The van der Waals surface area contributed by atoms with Crippen molar-refractivity contribution in [1.29, 1.82) is 0 Å². The molecule has 0 bridgehead atoms. The van der Waals surface area contributed by atoms with E-state index in [-0.39, 0.29) is 5.91 Å². The molecule has 0 fully saturated rings. The fraction of sp³-hybridized carbons (Fsp3) is 0.538. The minimum atomic E-state index is 0.107. The van der Waals surface area contributed by atoms with Crippen LogP contribution in [0.3, 0.4) is 0 Å². The molecule has 2 N–H and O–H groups in total. The third kappa shape index (κ3) is 4.09. The van der Waals surface area contributed by atoms with Gasteiger partial charge in [0.15, 0.2) is 0 Å². The van der Waals surface area contributed by atoms with Crippen LogP contribution < -0.4 is 5.73 Å². The lowest BCUT2D eigenvalue weighted by Crippen LogP contribution is -2.36. The number of amides is 1. The van der Waals surface area contributed by atoms with Crippen molar-refractivity contribution in [3.8, 4) is 0 Å². The first-order valence-electron chi connectivity index (χ1n) is 6.13. The SMILES string of the molecule is CCN(CC(=O)N(C)C)Cc1cccnc1CN. The Morgan fingerprint density at radius 3 is 2.72 bits per heavy atom. The van der Waals surface area contributed by atoms with Gasteiger partial charge in [-0.25, -0.2) is 0 Å². The first-order chi connectivity index (χ1) is 8.58. The third-order valence-corrected chi connectivity index (χ3v) is 2.88. The van der Waals surface area contributed by atoms with Crippen LogP contribution >= 0.6 is 0 Å². The highest BCUT2D eigenvalue weighted by atomic mass is 16.2. The number of hydrogen-bond acceptors (Lipinski definition) is 4. The van der Waals surface area contributed by atoms with Gasteiger partial charge in [-0.15, -0.1) is 0 Å². The standard InChI is InChI=1S/C13H22N4O/c1-4-17(10-13(18)16(2)3)9-11-6-5-7-15-12(11)8-14/h5-7H,4,8-10,14H2,1-3H3. The minimum Gasteiger partial charge on any atom is -0.348 e. The second kappa shape index (κ2) is 7.08. The van der Waals surface area contributed by atoms with E-state index in [4.69, 9.17) is 5.73 Å². The van der Waals surface area contributed by atoms with Crippen LogP contribution in [-0.4, -0.2) is 47.9 Å². The van der Waals surface area contributed by atoms with Gasteiger partial charge in [-0.1, -0.05) is 13.0 Å². The van der Waals surface area contributed by atoms with Gasteiger partial charge in [-0.3, -0.25) is 14.7 Å². The van der Waals surface area contributed by atoms with Crippen molar-refractivity contribution in [3.05, 3.63) is 29.6 Å². The number of carbonyl (C=O) groups excluding carboxylic acids is 1. The first kappa shape index (κ1) is 14.6. The Labute approximate surface area is 109 Å². The molecule has 1 rings (SSSR count). The number of carbonyl (C=O) groups is 1. The van der Waals surface area contributed by atoms with Crippen LogP contribution in [0, 0.1) is 0 Å². The summed E-state index contributed by atoms with van der Waals surface area (Å²) in [6, 6.07) is 3.91. The molecule has 0 unspecified atom stereocenters. The predicted octanol–water partition coefficient (Wildman–Crippen LogP) is 0.450. The van der Waals surface area contributed by atoms with Crippen LogP contribution in [0.5, 0.6) is 0 Å². The highest BCUT2D eigenvalue weighted by Crippen LogP contribution is 2.08. The molecule has 0 saturated heterocycles. The molecule has 100 valence electrons. The van der Waals surface area contributed by atoms with Crippen molar-refractivity contribution in [2.24, 2.45) is 5.73 Å². The smallest absolute Gasteiger partial charge is 0.236 e. The monoisotopic (exact) mass is 250 g/mol. The van der Waals surface area contributed by atoms with Crippen LogP contribution in [0.1, 0.15) is 18.2 Å². The normalized spacial score (nSPS) is 10.7. The average Bonchev–Trinajstić information content (AvgIpc) is 2.38. The van der Waals surface area contributed by atoms with E-state index < -0.39 is 0 Å². The van der Waals surface area contributed by atoms with Gasteiger partial charge in [-0.2, -0.15) is 0 Å². The number of pyridine rings is 1. The molecule has 5 nitrogen and oxygen atoms in total. The Kier molecular flexibility index (Phi) is 5.74. The maximum absolute atomic E-state index is 11.7. The van der Waals surface area contributed by atoms with Gasteiger partial charge in [0.25, 0.3) is 0 Å². The maximum atomic E-state index is 11.7. The molecule has 0 radical (unpaired) electrons. The summed E-state index contributed by atoms with van der Waals surface area (Å²) in [4.78, 5) is 19.6. The summed E-state index contributed by atoms with van der Waals surface area (Å²) in [5, 5.41) is 0. The van der Waals surface area contributed by atoms with Crippen molar-refractivity contribution in [2.45, 2.75) is 20.0 Å². The highest BCUT2D eigenvalue weighted by Gasteiger charge is 2.12. The van der Waals surface area contributed by atoms with E-state index >= 15 is 0 Å². The molecule has 0 saturated carbocycles. The van der Waals surface area contributed by atoms with Gasteiger partial charge in [0.2, 0.25) is 5.91 Å². The lowest BCUT2D eigenvalue weighted by Gasteiger charge is -2.22. The Hall–Kier alpha value is -1.46. The van der Waals surface area contributed by atoms with E-state index in [2.05, 4.69) is 9.88 Å². The number of nitrogens with two attached hydrogens (primary N) is 1. The minimum absolute atomic E-state index is 0.107. The van der Waals surface area contributed by atoms with Gasteiger partial charge in [0.05, 0.1) is 12.2 Å². The zero-order valence-electron chi connectivity index (χ0n) is 11.4. The van der Waals surface area contributed by atoms with E-state index in [9.17, 15) is 4.79 Å². The topological polar surface area (TPSA) is 62.5 Å².